The Morgan fingerprint density at radius 2 is 1.71 bits per heavy atom. The van der Waals surface area contributed by atoms with Gasteiger partial charge in [-0.05, 0) is 0 Å². The molecule has 0 aromatic carbocycles. The first-order valence-electron chi connectivity index (χ1n) is 7.83. The molecule has 18 nitrogen and oxygen atoms in total. The van der Waals surface area contributed by atoms with Crippen LogP contribution in [0, 0.1) is 0 Å². The minimum absolute atomic E-state index is 0. The van der Waals surface area contributed by atoms with Crippen molar-refractivity contribution in [1.82, 2.24) is 19.5 Å². The van der Waals surface area contributed by atoms with Crippen molar-refractivity contribution in [2.24, 2.45) is 0 Å². The van der Waals surface area contributed by atoms with E-state index in [2.05, 4.69) is 28.0 Å². The predicted molar refractivity (Wildman–Crippen MR) is 118 cm³/mol. The van der Waals surface area contributed by atoms with Crippen LogP contribution >= 0.6 is 15.6 Å². The maximum absolute atomic E-state index is 11.6. The molecule has 5 atom stereocenters. The summed E-state index contributed by atoms with van der Waals surface area (Å²) in [4.78, 5) is 39.1. The van der Waals surface area contributed by atoms with E-state index in [0.29, 0.717) is 0 Å². The maximum atomic E-state index is 11.6. The van der Waals surface area contributed by atoms with Crippen molar-refractivity contribution in [3.63, 3.8) is 0 Å². The molecule has 178 valence electrons. The number of rotatable bonds is 8. The third kappa shape index (κ3) is 10.1. The Bertz CT molecular complexity index is 1180. The van der Waals surface area contributed by atoms with E-state index in [1.807, 2.05) is 0 Å². The SMILES string of the molecule is Nc1ncnc2c1ncn2[C@@H]1O[C@H](COP(=O)(O)OS(=O)(=O)O)[C@@H](OP(=O)(O)O)[C@H]1O.[Li].[Li].[Li].[Li]. The van der Waals surface area contributed by atoms with Gasteiger partial charge in [0.05, 0.1) is 12.9 Å². The Kier molecular flexibility index (Phi) is 15.5. The zero-order valence-corrected chi connectivity index (χ0v) is 21.4. The second kappa shape index (κ2) is 14.3. The number of phosphoric acid groups is 2. The Morgan fingerprint density at radius 1 is 1.11 bits per heavy atom. The zero-order valence-electron chi connectivity index (χ0n) is 18.8. The van der Waals surface area contributed by atoms with E-state index in [0.717, 1.165) is 17.2 Å². The van der Waals surface area contributed by atoms with Crippen LogP contribution in [0.1, 0.15) is 6.23 Å². The molecule has 1 saturated heterocycles. The number of fused-ring (bicyclic) bond motifs is 1. The quantitative estimate of drug-likeness (QED) is 0.109. The van der Waals surface area contributed by atoms with Crippen LogP contribution < -0.4 is 5.73 Å². The van der Waals surface area contributed by atoms with E-state index >= 15 is 0 Å². The molecule has 0 aliphatic carbocycles. The number of phosphoric ester groups is 2. The van der Waals surface area contributed by atoms with Gasteiger partial charge in [0, 0.05) is 75.4 Å². The fraction of sp³-hybridized carbons (Fsp3) is 0.500. The van der Waals surface area contributed by atoms with Crippen LogP contribution in [0.4, 0.5) is 5.82 Å². The summed E-state index contributed by atoms with van der Waals surface area (Å²) < 4.78 is 71.5. The van der Waals surface area contributed by atoms with E-state index in [4.69, 9.17) is 24.8 Å². The fourth-order valence-electron chi connectivity index (χ4n) is 2.74. The van der Waals surface area contributed by atoms with E-state index in [1.165, 1.54) is 0 Å². The Morgan fingerprint density at radius 3 is 2.26 bits per heavy atom. The number of aliphatic hydroxyl groups is 1. The molecule has 2 aromatic heterocycles. The average Bonchev–Trinajstić information content (AvgIpc) is 3.13. The number of nitrogen functional groups attached to an aromatic ring is 1. The number of aliphatic hydroxyl groups excluding tert-OH is 1. The van der Waals surface area contributed by atoms with Gasteiger partial charge in [-0.3, -0.25) is 18.2 Å². The summed E-state index contributed by atoms with van der Waals surface area (Å²) in [6.45, 7) is -1.06. The van der Waals surface area contributed by atoms with Crippen molar-refractivity contribution in [3.05, 3.63) is 12.7 Å². The van der Waals surface area contributed by atoms with Crippen molar-refractivity contribution in [2.75, 3.05) is 12.3 Å². The van der Waals surface area contributed by atoms with Crippen LogP contribution in [0.25, 0.3) is 11.2 Å². The molecule has 0 amide bonds. The molecule has 1 aliphatic rings. The van der Waals surface area contributed by atoms with E-state index in [1.54, 1.807) is 0 Å². The number of hydrogen-bond acceptors (Lipinski definition) is 13. The molecule has 1 fully saturated rings. The number of imidazole rings is 1. The Hall–Kier alpha value is 0.790. The Balaban J connectivity index is 0. The molecule has 3 rings (SSSR count). The second-order valence-corrected chi connectivity index (χ2v) is 9.80. The average molecular weight is 535 g/mol. The normalized spacial score (nSPS) is 23.8. The monoisotopic (exact) mass is 535 g/mol. The third-order valence-corrected chi connectivity index (χ3v) is 6.32. The van der Waals surface area contributed by atoms with Gasteiger partial charge in [-0.2, -0.15) is 8.42 Å². The van der Waals surface area contributed by atoms with Gasteiger partial charge in [-0.15, -0.1) is 3.97 Å². The van der Waals surface area contributed by atoms with Gasteiger partial charge >= 0.3 is 26.0 Å². The van der Waals surface area contributed by atoms with Crippen molar-refractivity contribution < 1.29 is 59.6 Å². The molecule has 35 heavy (non-hydrogen) atoms. The number of nitrogens with two attached hydrogens (primary N) is 1. The van der Waals surface area contributed by atoms with Crippen LogP contribution in [0.15, 0.2) is 12.7 Å². The number of aromatic nitrogens is 4. The smallest absolute Gasteiger partial charge is 0.386 e. The number of nitrogens with zero attached hydrogens (tertiary/aromatic N) is 4. The summed E-state index contributed by atoms with van der Waals surface area (Å²) in [5.41, 5.74) is 5.85. The summed E-state index contributed by atoms with van der Waals surface area (Å²) in [6, 6.07) is 0. The fourth-order valence-corrected chi connectivity index (χ4v) is 4.77. The zero-order chi connectivity index (χ0) is 23.2. The van der Waals surface area contributed by atoms with Crippen LogP contribution in [-0.4, -0.2) is 153 Å². The summed E-state index contributed by atoms with van der Waals surface area (Å²) in [5.74, 6) is -0.0114. The summed E-state index contributed by atoms with van der Waals surface area (Å²) in [6.07, 6.45) is -4.54. The molecule has 1 unspecified atom stereocenters. The van der Waals surface area contributed by atoms with Crippen LogP contribution in [0.2, 0.25) is 0 Å². The molecule has 4 radical (unpaired) electrons. The third-order valence-electron chi connectivity index (χ3n) is 3.82. The minimum atomic E-state index is -5.39. The van der Waals surface area contributed by atoms with Crippen molar-refractivity contribution in [2.45, 2.75) is 24.5 Å². The molecule has 0 bridgehead atoms. The molecule has 7 N–H and O–H groups in total. The maximum Gasteiger partial charge on any atom is 0.488 e. The Labute approximate surface area is 245 Å². The summed E-state index contributed by atoms with van der Waals surface area (Å²) in [7, 11) is -16.0. The standard InChI is InChI=1S/C10H15N5O13P2S.4Li/c11-8-5-9(13-2-12-8)15(3-14-5)10-6(16)7(27-29(17,18)19)4(26-10)1-25-30(20,21)28-31(22,23)24;;;;/h2-4,6-7,10,16H,1H2,(H,20,21)(H2,11,12,13)(H2,17,18,19)(H,22,23,24);;;;/t4-,6-,7-,10-;;;;/m1..../s1. The number of ether oxygens (including phenoxy) is 1. The van der Waals surface area contributed by atoms with E-state index in [-0.39, 0.29) is 92.4 Å². The first kappa shape index (κ1) is 37.9. The van der Waals surface area contributed by atoms with Gasteiger partial charge in [0.1, 0.15) is 30.2 Å². The second-order valence-electron chi connectivity index (χ2n) is 5.97. The van der Waals surface area contributed by atoms with Gasteiger partial charge in [0.25, 0.3) is 0 Å². The van der Waals surface area contributed by atoms with E-state index < -0.39 is 57.2 Å². The number of anilines is 1. The van der Waals surface area contributed by atoms with Crippen LogP contribution in [-0.2, 0) is 37.3 Å². The van der Waals surface area contributed by atoms with Crippen molar-refractivity contribution in [1.29, 1.82) is 0 Å². The predicted octanol–water partition coefficient (Wildman–Crippen LogP) is -3.44. The molecule has 2 aromatic rings. The molecular formula is C10H15Li4N5O13P2S. The van der Waals surface area contributed by atoms with Crippen molar-refractivity contribution >= 4 is 118 Å². The molecule has 25 heteroatoms. The summed E-state index contributed by atoms with van der Waals surface area (Å²) in [5, 5.41) is 10.5. The van der Waals surface area contributed by atoms with Gasteiger partial charge in [-0.1, -0.05) is 0 Å². The van der Waals surface area contributed by atoms with E-state index in [9.17, 15) is 27.5 Å². The molecule has 0 saturated carbocycles. The first-order chi connectivity index (χ1) is 14.2. The molecular weight excluding hydrogens is 520 g/mol. The van der Waals surface area contributed by atoms with Gasteiger partial charge < -0.3 is 30.3 Å². The largest absolute Gasteiger partial charge is 0.488 e. The molecule has 0 spiro atoms. The molecule has 3 heterocycles. The topological polar surface area (TPSA) is 276 Å². The van der Waals surface area contributed by atoms with Gasteiger partial charge in [0.2, 0.25) is 0 Å². The minimum Gasteiger partial charge on any atom is -0.386 e. The number of hydrogen-bond donors (Lipinski definition) is 6. The van der Waals surface area contributed by atoms with Crippen molar-refractivity contribution in [3.8, 4) is 0 Å². The van der Waals surface area contributed by atoms with Crippen LogP contribution in [0.3, 0.4) is 0 Å². The summed E-state index contributed by atoms with van der Waals surface area (Å²) >= 11 is 0. The first-order valence-corrected chi connectivity index (χ1v) is 12.2. The van der Waals surface area contributed by atoms with Gasteiger partial charge in [0.15, 0.2) is 17.7 Å². The molecule has 1 aliphatic heterocycles. The van der Waals surface area contributed by atoms with Gasteiger partial charge in [-0.25, -0.2) is 24.1 Å². The van der Waals surface area contributed by atoms with Crippen LogP contribution in [0.5, 0.6) is 0 Å².